The highest BCUT2D eigenvalue weighted by molar-refractivity contribution is 6.30. The number of hydrogen-bond donors (Lipinski definition) is 0. The molecule has 0 saturated carbocycles. The SMILES string of the molecule is CC(C)=O.CC(C)C.CCC(C)C.Cc1cccc(Cl)c1. The summed E-state index contributed by atoms with van der Waals surface area (Å²) in [5.74, 6) is 1.88. The lowest BCUT2D eigenvalue weighted by molar-refractivity contribution is -0.114. The van der Waals surface area contributed by atoms with Crippen LogP contribution in [0.5, 0.6) is 0 Å². The monoisotopic (exact) mass is 314 g/mol. The quantitative estimate of drug-likeness (QED) is 0.547. The number of rotatable bonds is 1. The first-order valence-corrected chi connectivity index (χ1v) is 8.09. The second kappa shape index (κ2) is 17.2. The molecule has 0 aliphatic heterocycles. The van der Waals surface area contributed by atoms with Gasteiger partial charge in [0.15, 0.2) is 0 Å². The van der Waals surface area contributed by atoms with Crippen molar-refractivity contribution in [3.8, 4) is 0 Å². The molecule has 0 radical (unpaired) electrons. The second-order valence-corrected chi connectivity index (χ2v) is 6.68. The van der Waals surface area contributed by atoms with Crippen LogP contribution >= 0.6 is 11.6 Å². The minimum absolute atomic E-state index is 0.167. The van der Waals surface area contributed by atoms with E-state index >= 15 is 0 Å². The first kappa shape index (κ1) is 25.2. The highest BCUT2D eigenvalue weighted by Gasteiger charge is 1.83. The van der Waals surface area contributed by atoms with Crippen molar-refractivity contribution in [1.29, 1.82) is 0 Å². The molecule has 0 heterocycles. The van der Waals surface area contributed by atoms with E-state index in [1.165, 1.54) is 25.8 Å². The molecule has 0 aromatic heterocycles. The Morgan fingerprint density at radius 3 is 1.57 bits per heavy atom. The van der Waals surface area contributed by atoms with E-state index in [4.69, 9.17) is 11.6 Å². The smallest absolute Gasteiger partial charge is 0.126 e. The number of carbonyl (C=O) groups is 1. The number of halogens is 1. The predicted octanol–water partition coefficient (Wildman–Crippen LogP) is 6.96. The van der Waals surface area contributed by atoms with Gasteiger partial charge in [0, 0.05) is 5.02 Å². The largest absolute Gasteiger partial charge is 0.300 e. The lowest BCUT2D eigenvalue weighted by Gasteiger charge is -1.90. The van der Waals surface area contributed by atoms with Crippen LogP contribution in [0.15, 0.2) is 24.3 Å². The zero-order chi connectivity index (χ0) is 17.4. The zero-order valence-corrected chi connectivity index (χ0v) is 16.2. The van der Waals surface area contributed by atoms with Crippen LogP contribution in [-0.2, 0) is 4.79 Å². The predicted molar refractivity (Wildman–Crippen MR) is 98.2 cm³/mol. The molecule has 0 aliphatic carbocycles. The van der Waals surface area contributed by atoms with E-state index in [0.29, 0.717) is 0 Å². The molecule has 0 atom stereocenters. The van der Waals surface area contributed by atoms with Gasteiger partial charge in [0.05, 0.1) is 0 Å². The van der Waals surface area contributed by atoms with Gasteiger partial charge in [-0.3, -0.25) is 0 Å². The van der Waals surface area contributed by atoms with Crippen molar-refractivity contribution in [2.75, 3.05) is 0 Å². The van der Waals surface area contributed by atoms with E-state index in [-0.39, 0.29) is 5.78 Å². The number of ketones is 1. The zero-order valence-electron chi connectivity index (χ0n) is 15.5. The van der Waals surface area contributed by atoms with Gasteiger partial charge >= 0.3 is 0 Å². The Labute approximate surface area is 138 Å². The van der Waals surface area contributed by atoms with Gasteiger partial charge in [-0.1, -0.05) is 71.7 Å². The molecular formula is C19H35ClO. The summed E-state index contributed by atoms with van der Waals surface area (Å²) in [5, 5.41) is 0.810. The summed E-state index contributed by atoms with van der Waals surface area (Å²) in [5.41, 5.74) is 1.21. The van der Waals surface area contributed by atoms with Crippen LogP contribution in [0.4, 0.5) is 0 Å². The number of benzene rings is 1. The van der Waals surface area contributed by atoms with Gasteiger partial charge in [-0.05, 0) is 50.3 Å². The fourth-order valence-electron chi connectivity index (χ4n) is 0.606. The average molecular weight is 315 g/mol. The van der Waals surface area contributed by atoms with Crippen LogP contribution in [0.1, 0.15) is 67.4 Å². The topological polar surface area (TPSA) is 17.1 Å². The summed E-state index contributed by atoms with van der Waals surface area (Å²) in [4.78, 5) is 9.44. The second-order valence-electron chi connectivity index (χ2n) is 6.24. The number of carbonyl (C=O) groups excluding carboxylic acids is 1. The number of aryl methyl sites for hydroxylation is 1. The third kappa shape index (κ3) is 45.3. The van der Waals surface area contributed by atoms with Gasteiger partial charge in [-0.15, -0.1) is 0 Å². The van der Waals surface area contributed by atoms with Crippen molar-refractivity contribution in [3.05, 3.63) is 34.9 Å². The maximum atomic E-state index is 9.44. The molecule has 2 heteroatoms. The van der Waals surface area contributed by atoms with E-state index in [9.17, 15) is 4.79 Å². The van der Waals surface area contributed by atoms with E-state index < -0.39 is 0 Å². The Balaban J connectivity index is -0.000000219. The average Bonchev–Trinajstić information content (AvgIpc) is 2.27. The van der Waals surface area contributed by atoms with Crippen molar-refractivity contribution < 1.29 is 4.79 Å². The molecule has 124 valence electrons. The standard InChI is InChI=1S/C7H7Cl.C5H12.C4H10.C3H6O/c1-6-3-2-4-7(8)5-6;1-4-5(2)3;1-4(2)3;1-3(2)4/h2-5H,1H3;5H,4H2,1-3H3;4H,1-3H3;1-2H3. The molecule has 1 aromatic rings. The minimum atomic E-state index is 0.167. The maximum absolute atomic E-state index is 9.44. The molecule has 0 aliphatic rings. The van der Waals surface area contributed by atoms with Crippen molar-refractivity contribution in [3.63, 3.8) is 0 Å². The van der Waals surface area contributed by atoms with Gasteiger partial charge in [-0.25, -0.2) is 0 Å². The van der Waals surface area contributed by atoms with Gasteiger partial charge in [0.25, 0.3) is 0 Å². The fraction of sp³-hybridized carbons (Fsp3) is 0.632. The minimum Gasteiger partial charge on any atom is -0.300 e. The lowest BCUT2D eigenvalue weighted by Crippen LogP contribution is -1.77. The summed E-state index contributed by atoms with van der Waals surface area (Å²) >= 11 is 5.64. The van der Waals surface area contributed by atoms with Crippen molar-refractivity contribution >= 4 is 17.4 Å². The van der Waals surface area contributed by atoms with Crippen LogP contribution in [0.3, 0.4) is 0 Å². The molecule has 0 unspecified atom stereocenters. The van der Waals surface area contributed by atoms with Crippen molar-refractivity contribution in [1.82, 2.24) is 0 Å². The highest BCUT2D eigenvalue weighted by atomic mass is 35.5. The van der Waals surface area contributed by atoms with E-state index in [2.05, 4.69) is 41.5 Å². The third-order valence-electron chi connectivity index (χ3n) is 1.80. The number of Topliss-reactive ketones (excluding diaryl/α,β-unsaturated/α-hetero) is 1. The van der Waals surface area contributed by atoms with E-state index in [0.717, 1.165) is 16.9 Å². The molecule has 0 spiro atoms. The molecule has 1 rings (SSSR count). The summed E-state index contributed by atoms with van der Waals surface area (Å²) in [7, 11) is 0. The fourth-order valence-corrected chi connectivity index (χ4v) is 0.850. The van der Waals surface area contributed by atoms with Gasteiger partial charge in [-0.2, -0.15) is 0 Å². The number of hydrogen-bond acceptors (Lipinski definition) is 1. The molecule has 0 N–H and O–H groups in total. The normalized spacial score (nSPS) is 8.76. The summed E-state index contributed by atoms with van der Waals surface area (Å²) in [6, 6.07) is 7.76. The Morgan fingerprint density at radius 1 is 1.10 bits per heavy atom. The third-order valence-corrected chi connectivity index (χ3v) is 2.03. The van der Waals surface area contributed by atoms with Gasteiger partial charge in [0.1, 0.15) is 5.78 Å². The first-order chi connectivity index (χ1) is 9.52. The van der Waals surface area contributed by atoms with E-state index in [1.807, 2.05) is 31.2 Å². The summed E-state index contributed by atoms with van der Waals surface area (Å²) < 4.78 is 0. The molecular weight excluding hydrogens is 280 g/mol. The van der Waals surface area contributed by atoms with Crippen LogP contribution in [-0.4, -0.2) is 5.78 Å². The lowest BCUT2D eigenvalue weighted by atomic mass is 10.2. The van der Waals surface area contributed by atoms with Crippen LogP contribution in [0, 0.1) is 18.8 Å². The highest BCUT2D eigenvalue weighted by Crippen LogP contribution is 2.08. The van der Waals surface area contributed by atoms with Crippen LogP contribution in [0.25, 0.3) is 0 Å². The Kier molecular flexibility index (Phi) is 20.6. The molecule has 1 aromatic carbocycles. The summed E-state index contributed by atoms with van der Waals surface area (Å²) in [6.07, 6.45) is 1.31. The van der Waals surface area contributed by atoms with Gasteiger partial charge in [0.2, 0.25) is 0 Å². The first-order valence-electron chi connectivity index (χ1n) is 7.72. The maximum Gasteiger partial charge on any atom is 0.126 e. The van der Waals surface area contributed by atoms with Crippen LogP contribution < -0.4 is 0 Å². The Hall–Kier alpha value is -0.820. The molecule has 21 heavy (non-hydrogen) atoms. The van der Waals surface area contributed by atoms with Crippen molar-refractivity contribution in [2.24, 2.45) is 11.8 Å². The molecule has 0 fully saturated rings. The Bertz CT molecular complexity index is 319. The van der Waals surface area contributed by atoms with Crippen molar-refractivity contribution in [2.45, 2.75) is 68.7 Å². The molecule has 1 nitrogen and oxygen atoms in total. The Morgan fingerprint density at radius 2 is 1.43 bits per heavy atom. The molecule has 0 saturated heterocycles. The van der Waals surface area contributed by atoms with Crippen LogP contribution in [0.2, 0.25) is 5.02 Å². The molecule has 0 amide bonds. The summed E-state index contributed by atoms with van der Waals surface area (Å²) in [6.45, 7) is 18.2. The van der Waals surface area contributed by atoms with Gasteiger partial charge < -0.3 is 4.79 Å². The van der Waals surface area contributed by atoms with E-state index in [1.54, 1.807) is 0 Å². The molecule has 0 bridgehead atoms.